The first kappa shape index (κ1) is 8.76. The molecule has 3 heteroatoms. The zero-order chi connectivity index (χ0) is 7.28. The second-order valence-electron chi connectivity index (χ2n) is 1.95. The van der Waals surface area contributed by atoms with Gasteiger partial charge in [-0.05, 0) is 6.42 Å². The van der Waals surface area contributed by atoms with Gasteiger partial charge in [0.25, 0.3) is 0 Å². The first-order valence-corrected chi connectivity index (χ1v) is 3.49. The smallest absolute Gasteiger partial charge is 0.321 e. The highest BCUT2D eigenvalue weighted by molar-refractivity contribution is 6.29. The van der Waals surface area contributed by atoms with Crippen LogP contribution in [-0.4, -0.2) is 16.5 Å². The van der Waals surface area contributed by atoms with E-state index in [2.05, 4.69) is 0 Å². The summed E-state index contributed by atoms with van der Waals surface area (Å²) in [5.74, 6) is -0.912. The van der Waals surface area contributed by atoms with Crippen molar-refractivity contribution >= 4 is 17.6 Å². The normalized spacial score (nSPS) is 13.1. The summed E-state index contributed by atoms with van der Waals surface area (Å²) in [4.78, 5) is 10.1. The summed E-state index contributed by atoms with van der Waals surface area (Å²) in [6, 6.07) is 0. The minimum Gasteiger partial charge on any atom is -0.480 e. The largest absolute Gasteiger partial charge is 0.480 e. The van der Waals surface area contributed by atoms with Gasteiger partial charge in [0.05, 0.1) is 0 Å². The van der Waals surface area contributed by atoms with Crippen LogP contribution < -0.4 is 0 Å². The minimum absolute atomic E-state index is 0.577. The molecular formula is C6H11ClO2. The molecule has 0 amide bonds. The van der Waals surface area contributed by atoms with Crippen molar-refractivity contribution in [2.24, 2.45) is 0 Å². The van der Waals surface area contributed by atoms with E-state index < -0.39 is 11.3 Å². The van der Waals surface area contributed by atoms with Gasteiger partial charge in [0.2, 0.25) is 0 Å². The Labute approximate surface area is 59.8 Å². The predicted molar refractivity (Wildman–Crippen MR) is 36.8 cm³/mol. The molecule has 54 valence electrons. The molecule has 1 N–H and O–H groups in total. The fraction of sp³-hybridized carbons (Fsp3) is 0.833. The maximum atomic E-state index is 10.1. The molecular weight excluding hydrogens is 140 g/mol. The summed E-state index contributed by atoms with van der Waals surface area (Å²) < 4.78 is 0. The van der Waals surface area contributed by atoms with Crippen molar-refractivity contribution in [3.8, 4) is 0 Å². The number of rotatable bonds is 4. The molecule has 0 spiro atoms. The van der Waals surface area contributed by atoms with Crippen LogP contribution in [0, 0.1) is 0 Å². The van der Waals surface area contributed by atoms with Crippen molar-refractivity contribution in [1.29, 1.82) is 0 Å². The number of unbranched alkanes of at least 4 members (excludes halogenated alkanes) is 1. The lowest BCUT2D eigenvalue weighted by Crippen LogP contribution is -2.12. The highest BCUT2D eigenvalue weighted by Gasteiger charge is 2.11. The fourth-order valence-corrected chi connectivity index (χ4v) is 0.661. The van der Waals surface area contributed by atoms with E-state index in [-0.39, 0.29) is 0 Å². The van der Waals surface area contributed by atoms with Crippen LogP contribution in [0.25, 0.3) is 0 Å². The van der Waals surface area contributed by atoms with Gasteiger partial charge >= 0.3 is 5.97 Å². The Kier molecular flexibility index (Phi) is 4.50. The number of carbonyl (C=O) groups is 1. The molecule has 0 aliphatic rings. The van der Waals surface area contributed by atoms with Gasteiger partial charge in [-0.1, -0.05) is 19.8 Å². The minimum atomic E-state index is -0.912. The van der Waals surface area contributed by atoms with Crippen LogP contribution in [0.2, 0.25) is 0 Å². The van der Waals surface area contributed by atoms with Crippen molar-refractivity contribution in [3.63, 3.8) is 0 Å². The van der Waals surface area contributed by atoms with Crippen LogP contribution in [0.1, 0.15) is 26.2 Å². The van der Waals surface area contributed by atoms with Gasteiger partial charge in [-0.3, -0.25) is 4.79 Å². The van der Waals surface area contributed by atoms with E-state index >= 15 is 0 Å². The van der Waals surface area contributed by atoms with Crippen LogP contribution in [0.4, 0.5) is 0 Å². The lowest BCUT2D eigenvalue weighted by Gasteiger charge is -1.99. The second-order valence-corrected chi connectivity index (χ2v) is 2.47. The number of hydrogen-bond donors (Lipinski definition) is 1. The van der Waals surface area contributed by atoms with Crippen LogP contribution in [-0.2, 0) is 4.79 Å². The number of hydrogen-bond acceptors (Lipinski definition) is 1. The van der Waals surface area contributed by atoms with Gasteiger partial charge in [-0.2, -0.15) is 0 Å². The van der Waals surface area contributed by atoms with Gasteiger partial charge < -0.3 is 5.11 Å². The van der Waals surface area contributed by atoms with Gasteiger partial charge in [0.1, 0.15) is 5.38 Å². The Bertz CT molecular complexity index is 93.1. The molecule has 0 saturated carbocycles. The summed E-state index contributed by atoms with van der Waals surface area (Å²) in [6.45, 7) is 2.01. The third kappa shape index (κ3) is 4.28. The first-order valence-electron chi connectivity index (χ1n) is 3.05. The highest BCUT2D eigenvalue weighted by Crippen LogP contribution is 2.06. The number of alkyl halides is 1. The lowest BCUT2D eigenvalue weighted by molar-refractivity contribution is -0.136. The van der Waals surface area contributed by atoms with Crippen molar-refractivity contribution < 1.29 is 9.90 Å². The Morgan fingerprint density at radius 1 is 1.78 bits per heavy atom. The first-order chi connectivity index (χ1) is 4.18. The van der Waals surface area contributed by atoms with Crippen LogP contribution in [0.3, 0.4) is 0 Å². The van der Waals surface area contributed by atoms with E-state index in [1.165, 1.54) is 0 Å². The van der Waals surface area contributed by atoms with E-state index in [0.29, 0.717) is 6.42 Å². The van der Waals surface area contributed by atoms with E-state index in [9.17, 15) is 4.79 Å². The fourth-order valence-electron chi connectivity index (χ4n) is 0.507. The van der Waals surface area contributed by atoms with Crippen molar-refractivity contribution in [1.82, 2.24) is 0 Å². The molecule has 0 rings (SSSR count). The van der Waals surface area contributed by atoms with Crippen molar-refractivity contribution in [2.75, 3.05) is 0 Å². The van der Waals surface area contributed by atoms with Crippen molar-refractivity contribution in [3.05, 3.63) is 0 Å². The molecule has 0 heterocycles. The van der Waals surface area contributed by atoms with Crippen molar-refractivity contribution in [2.45, 2.75) is 31.6 Å². The van der Waals surface area contributed by atoms with E-state index in [1.807, 2.05) is 6.92 Å². The molecule has 1 atom stereocenters. The summed E-state index contributed by atoms with van der Waals surface area (Å²) >= 11 is 5.39. The van der Waals surface area contributed by atoms with E-state index in [4.69, 9.17) is 16.7 Å². The monoisotopic (exact) mass is 150 g/mol. The molecule has 9 heavy (non-hydrogen) atoms. The third-order valence-corrected chi connectivity index (χ3v) is 1.48. The summed E-state index contributed by atoms with van der Waals surface area (Å²) in [5, 5.41) is 7.59. The number of carboxylic acids is 1. The molecule has 0 unspecified atom stereocenters. The van der Waals surface area contributed by atoms with Gasteiger partial charge in [0.15, 0.2) is 0 Å². The third-order valence-electron chi connectivity index (χ3n) is 1.08. The van der Waals surface area contributed by atoms with E-state index in [0.717, 1.165) is 12.8 Å². The molecule has 0 radical (unpaired) electrons. The Balaban J connectivity index is 3.27. The maximum Gasteiger partial charge on any atom is 0.321 e. The van der Waals surface area contributed by atoms with Crippen LogP contribution in [0.5, 0.6) is 0 Å². The van der Waals surface area contributed by atoms with Gasteiger partial charge in [-0.15, -0.1) is 11.6 Å². The van der Waals surface area contributed by atoms with Gasteiger partial charge in [0, 0.05) is 0 Å². The molecule has 0 aromatic carbocycles. The zero-order valence-corrected chi connectivity index (χ0v) is 6.19. The standard InChI is InChI=1S/C6H11ClO2/c1-2-3-4-5(7)6(8)9/h5H,2-4H2,1H3,(H,8,9)/t5-/m1/s1. The summed E-state index contributed by atoms with van der Waals surface area (Å²) in [5.41, 5.74) is 0. The number of aliphatic carboxylic acids is 1. The Morgan fingerprint density at radius 2 is 2.33 bits per heavy atom. The van der Waals surface area contributed by atoms with Crippen LogP contribution >= 0.6 is 11.6 Å². The van der Waals surface area contributed by atoms with Gasteiger partial charge in [-0.25, -0.2) is 0 Å². The average Bonchev–Trinajstić information content (AvgIpc) is 1.82. The average molecular weight is 151 g/mol. The SMILES string of the molecule is CCCC[C@@H](Cl)C(=O)O. The Hall–Kier alpha value is -0.240. The molecule has 0 fully saturated rings. The molecule has 0 aliphatic heterocycles. The Morgan fingerprint density at radius 3 is 2.67 bits per heavy atom. The number of halogens is 1. The molecule has 0 aromatic rings. The zero-order valence-electron chi connectivity index (χ0n) is 5.43. The predicted octanol–water partition coefficient (Wildman–Crippen LogP) is 1.87. The highest BCUT2D eigenvalue weighted by atomic mass is 35.5. The van der Waals surface area contributed by atoms with E-state index in [1.54, 1.807) is 0 Å². The van der Waals surface area contributed by atoms with Crippen LogP contribution in [0.15, 0.2) is 0 Å². The molecule has 0 bridgehead atoms. The quantitative estimate of drug-likeness (QED) is 0.622. The molecule has 0 saturated heterocycles. The summed E-state index contributed by atoms with van der Waals surface area (Å²) in [6.07, 6.45) is 2.46. The maximum absolute atomic E-state index is 10.1. The summed E-state index contributed by atoms with van der Waals surface area (Å²) in [7, 11) is 0. The molecule has 2 nitrogen and oxygen atoms in total. The topological polar surface area (TPSA) is 37.3 Å². The number of carboxylic acid groups (broad SMARTS) is 1. The lowest BCUT2D eigenvalue weighted by atomic mass is 10.2. The molecule has 0 aliphatic carbocycles. The second kappa shape index (κ2) is 4.62. The molecule has 0 aromatic heterocycles.